The van der Waals surface area contributed by atoms with E-state index in [0.717, 1.165) is 5.56 Å². The Morgan fingerprint density at radius 3 is 2.89 bits per heavy atom. The molecule has 0 radical (unpaired) electrons. The maximum Gasteiger partial charge on any atom is 0.259 e. The van der Waals surface area contributed by atoms with Crippen LogP contribution < -0.4 is 0 Å². The summed E-state index contributed by atoms with van der Waals surface area (Å²) in [5.74, 6) is 0.489. The number of aromatic nitrogens is 1. The molecule has 2 heterocycles. The van der Waals surface area contributed by atoms with E-state index in [1.807, 2.05) is 13.0 Å². The lowest BCUT2D eigenvalue weighted by Gasteiger charge is -2.15. The average Bonchev–Trinajstić information content (AvgIpc) is 2.97. The van der Waals surface area contributed by atoms with Crippen molar-refractivity contribution in [2.24, 2.45) is 0 Å². The average molecular weight is 248 g/mol. The van der Waals surface area contributed by atoms with Crippen LogP contribution in [0.15, 0.2) is 27.5 Å². The highest BCUT2D eigenvalue weighted by atomic mass is 16.5. The minimum absolute atomic E-state index is 0.0770. The number of hydrogen-bond acceptors (Lipinski definition) is 4. The van der Waals surface area contributed by atoms with Gasteiger partial charge >= 0.3 is 0 Å². The highest BCUT2D eigenvalue weighted by molar-refractivity contribution is 5.96. The summed E-state index contributed by atoms with van der Waals surface area (Å²) in [6.07, 6.45) is 3.90. The predicted octanol–water partition coefficient (Wildman–Crippen LogP) is 2.41. The predicted molar refractivity (Wildman–Crippen MR) is 65.1 cm³/mol. The number of rotatable bonds is 4. The van der Waals surface area contributed by atoms with Crippen LogP contribution in [0, 0.1) is 6.92 Å². The van der Waals surface area contributed by atoms with E-state index < -0.39 is 0 Å². The van der Waals surface area contributed by atoms with Crippen LogP contribution in [0.4, 0.5) is 0 Å². The Bertz CT molecular complexity index is 528. The molecular weight excluding hydrogens is 232 g/mol. The van der Waals surface area contributed by atoms with Gasteiger partial charge in [0, 0.05) is 19.2 Å². The lowest BCUT2D eigenvalue weighted by molar-refractivity contribution is 0.0782. The van der Waals surface area contributed by atoms with Gasteiger partial charge in [0.05, 0.1) is 18.2 Å². The molecule has 0 unspecified atom stereocenters. The molecule has 0 saturated carbocycles. The standard InChI is InChI=1S/C13H16N2O3/c1-4-11-12(9(2)18-14-11)13(16)15(3)7-10-5-6-17-8-10/h5-6,8H,4,7H2,1-3H3. The van der Waals surface area contributed by atoms with Gasteiger partial charge in [-0.25, -0.2) is 0 Å². The molecule has 18 heavy (non-hydrogen) atoms. The normalized spacial score (nSPS) is 10.6. The van der Waals surface area contributed by atoms with Crippen LogP contribution in [0.3, 0.4) is 0 Å². The van der Waals surface area contributed by atoms with Gasteiger partial charge in [0.1, 0.15) is 11.3 Å². The summed E-state index contributed by atoms with van der Waals surface area (Å²) in [5.41, 5.74) is 2.23. The topological polar surface area (TPSA) is 59.5 Å². The number of furan rings is 1. The summed E-state index contributed by atoms with van der Waals surface area (Å²) in [4.78, 5) is 14.0. The molecule has 0 atom stereocenters. The summed E-state index contributed by atoms with van der Waals surface area (Å²) in [6, 6.07) is 1.84. The van der Waals surface area contributed by atoms with Gasteiger partial charge in [-0.15, -0.1) is 0 Å². The quantitative estimate of drug-likeness (QED) is 0.833. The van der Waals surface area contributed by atoms with Crippen molar-refractivity contribution in [3.05, 3.63) is 41.2 Å². The van der Waals surface area contributed by atoms with Crippen molar-refractivity contribution >= 4 is 5.91 Å². The molecule has 0 bridgehead atoms. The second-order valence-corrected chi connectivity index (χ2v) is 4.21. The minimum Gasteiger partial charge on any atom is -0.472 e. The van der Waals surface area contributed by atoms with E-state index in [1.165, 1.54) is 0 Å². The Labute approximate surface area is 105 Å². The first-order valence-electron chi connectivity index (χ1n) is 5.85. The van der Waals surface area contributed by atoms with Crippen LogP contribution >= 0.6 is 0 Å². The maximum absolute atomic E-state index is 12.3. The van der Waals surface area contributed by atoms with Crippen LogP contribution in [-0.2, 0) is 13.0 Å². The highest BCUT2D eigenvalue weighted by Crippen LogP contribution is 2.17. The zero-order valence-electron chi connectivity index (χ0n) is 10.8. The van der Waals surface area contributed by atoms with Crippen LogP contribution in [0.2, 0.25) is 0 Å². The number of amides is 1. The smallest absolute Gasteiger partial charge is 0.259 e. The van der Waals surface area contributed by atoms with Crippen LogP contribution in [0.25, 0.3) is 0 Å². The van der Waals surface area contributed by atoms with Crippen molar-refractivity contribution < 1.29 is 13.7 Å². The molecule has 0 fully saturated rings. The Balaban J connectivity index is 2.17. The zero-order chi connectivity index (χ0) is 13.1. The van der Waals surface area contributed by atoms with Gasteiger partial charge in [0.25, 0.3) is 5.91 Å². The van der Waals surface area contributed by atoms with E-state index in [9.17, 15) is 4.79 Å². The van der Waals surface area contributed by atoms with Gasteiger partial charge in [-0.1, -0.05) is 12.1 Å². The summed E-state index contributed by atoms with van der Waals surface area (Å²) in [6.45, 7) is 4.21. The zero-order valence-corrected chi connectivity index (χ0v) is 10.8. The highest BCUT2D eigenvalue weighted by Gasteiger charge is 2.22. The van der Waals surface area contributed by atoms with E-state index in [-0.39, 0.29) is 5.91 Å². The molecule has 0 N–H and O–H groups in total. The fourth-order valence-corrected chi connectivity index (χ4v) is 1.85. The fraction of sp³-hybridized carbons (Fsp3) is 0.385. The first-order chi connectivity index (χ1) is 8.63. The van der Waals surface area contributed by atoms with Gasteiger partial charge in [-0.3, -0.25) is 4.79 Å². The van der Waals surface area contributed by atoms with Gasteiger partial charge in [-0.2, -0.15) is 0 Å². The van der Waals surface area contributed by atoms with E-state index >= 15 is 0 Å². The number of carbonyl (C=O) groups excluding carboxylic acids is 1. The molecular formula is C13H16N2O3. The molecule has 0 aliphatic carbocycles. The monoisotopic (exact) mass is 248 g/mol. The van der Waals surface area contributed by atoms with Crippen LogP contribution in [-0.4, -0.2) is 23.0 Å². The Kier molecular flexibility index (Phi) is 3.50. The molecule has 0 saturated heterocycles. The van der Waals surface area contributed by atoms with Gasteiger partial charge in [-0.05, 0) is 19.4 Å². The minimum atomic E-state index is -0.0770. The molecule has 0 aromatic carbocycles. The molecule has 2 aromatic heterocycles. The molecule has 5 nitrogen and oxygen atoms in total. The van der Waals surface area contributed by atoms with Gasteiger partial charge in [0.15, 0.2) is 0 Å². The van der Waals surface area contributed by atoms with Gasteiger partial charge < -0.3 is 13.8 Å². The third-order valence-electron chi connectivity index (χ3n) is 2.83. The number of hydrogen-bond donors (Lipinski definition) is 0. The maximum atomic E-state index is 12.3. The molecule has 2 rings (SSSR count). The number of carbonyl (C=O) groups is 1. The van der Waals surface area contributed by atoms with E-state index in [2.05, 4.69) is 5.16 Å². The van der Waals surface area contributed by atoms with Crippen molar-refractivity contribution in [2.75, 3.05) is 7.05 Å². The van der Waals surface area contributed by atoms with Crippen molar-refractivity contribution in [1.82, 2.24) is 10.1 Å². The Morgan fingerprint density at radius 2 is 2.28 bits per heavy atom. The van der Waals surface area contributed by atoms with E-state index in [1.54, 1.807) is 31.4 Å². The number of aryl methyl sites for hydroxylation is 2. The number of nitrogens with zero attached hydrogens (tertiary/aromatic N) is 2. The molecule has 2 aromatic rings. The van der Waals surface area contributed by atoms with Crippen LogP contribution in [0.5, 0.6) is 0 Å². The van der Waals surface area contributed by atoms with Crippen molar-refractivity contribution in [1.29, 1.82) is 0 Å². The third kappa shape index (κ3) is 2.30. The first-order valence-corrected chi connectivity index (χ1v) is 5.85. The molecule has 1 amide bonds. The summed E-state index contributed by atoms with van der Waals surface area (Å²) >= 11 is 0. The van der Waals surface area contributed by atoms with E-state index in [0.29, 0.717) is 30.0 Å². The SMILES string of the molecule is CCc1noc(C)c1C(=O)N(C)Cc1ccoc1. The van der Waals surface area contributed by atoms with Crippen LogP contribution in [0.1, 0.15) is 34.3 Å². The molecule has 5 heteroatoms. The van der Waals surface area contributed by atoms with Crippen molar-refractivity contribution in [3.8, 4) is 0 Å². The van der Waals surface area contributed by atoms with E-state index in [4.69, 9.17) is 8.94 Å². The second kappa shape index (κ2) is 5.08. The molecule has 0 aliphatic rings. The largest absolute Gasteiger partial charge is 0.472 e. The molecule has 0 spiro atoms. The Morgan fingerprint density at radius 1 is 1.50 bits per heavy atom. The summed E-state index contributed by atoms with van der Waals surface area (Å²) in [7, 11) is 1.75. The fourth-order valence-electron chi connectivity index (χ4n) is 1.85. The third-order valence-corrected chi connectivity index (χ3v) is 2.83. The summed E-state index contributed by atoms with van der Waals surface area (Å²) < 4.78 is 10.1. The lowest BCUT2D eigenvalue weighted by Crippen LogP contribution is -2.27. The molecule has 96 valence electrons. The first kappa shape index (κ1) is 12.4. The lowest BCUT2D eigenvalue weighted by atomic mass is 10.1. The van der Waals surface area contributed by atoms with Crippen molar-refractivity contribution in [2.45, 2.75) is 26.8 Å². The second-order valence-electron chi connectivity index (χ2n) is 4.21. The van der Waals surface area contributed by atoms with Crippen molar-refractivity contribution in [3.63, 3.8) is 0 Å². The molecule has 0 aliphatic heterocycles. The Hall–Kier alpha value is -2.04. The van der Waals surface area contributed by atoms with Gasteiger partial charge in [0.2, 0.25) is 0 Å². The summed E-state index contributed by atoms with van der Waals surface area (Å²) in [5, 5.41) is 3.89.